The van der Waals surface area contributed by atoms with E-state index < -0.39 is 5.97 Å². The Kier molecular flexibility index (Phi) is 4.39. The number of unbranched alkanes of at least 4 members (excludes halogenated alkanes) is 2. The largest absolute Gasteiger partial charge is 0.507 e. The van der Waals surface area contributed by atoms with Crippen LogP contribution in [0.2, 0.25) is 0 Å². The number of fused-ring (bicyclic) bond motifs is 1. The fourth-order valence-corrected chi connectivity index (χ4v) is 1.99. The summed E-state index contributed by atoms with van der Waals surface area (Å²) in [6.45, 7) is 2.50. The Morgan fingerprint density at radius 2 is 1.84 bits per heavy atom. The Bertz CT molecular complexity index is 575. The zero-order valence-electron chi connectivity index (χ0n) is 11.1. The lowest BCUT2D eigenvalue weighted by Gasteiger charge is -2.07. The minimum atomic E-state index is -0.459. The molecular weight excluding hydrogens is 240 g/mol. The number of esters is 1. The number of ether oxygens (including phenoxy) is 1. The van der Waals surface area contributed by atoms with Crippen molar-refractivity contribution in [3.63, 3.8) is 0 Å². The second-order valence-electron chi connectivity index (χ2n) is 4.56. The van der Waals surface area contributed by atoms with Crippen molar-refractivity contribution in [3.05, 3.63) is 42.0 Å². The molecule has 0 radical (unpaired) electrons. The van der Waals surface area contributed by atoms with Crippen LogP contribution in [-0.2, 0) is 4.74 Å². The lowest BCUT2D eigenvalue weighted by molar-refractivity contribution is 0.0495. The summed E-state index contributed by atoms with van der Waals surface area (Å²) < 4.78 is 5.16. The number of phenolic OH excluding ortho intramolecular Hbond substituents is 1. The molecule has 0 saturated heterocycles. The van der Waals surface area contributed by atoms with Gasteiger partial charge in [0.15, 0.2) is 0 Å². The molecule has 2 rings (SSSR count). The third-order valence-corrected chi connectivity index (χ3v) is 3.06. The summed E-state index contributed by atoms with van der Waals surface area (Å²) in [5, 5.41) is 11.7. The zero-order chi connectivity index (χ0) is 13.7. The Balaban J connectivity index is 2.15. The molecule has 0 fully saturated rings. The fourth-order valence-electron chi connectivity index (χ4n) is 1.99. The molecule has 0 spiro atoms. The molecule has 0 amide bonds. The smallest absolute Gasteiger partial charge is 0.341 e. The number of carbonyl (C=O) groups excluding carboxylic acids is 1. The summed E-state index contributed by atoms with van der Waals surface area (Å²) in [5.74, 6) is -0.487. The van der Waals surface area contributed by atoms with Gasteiger partial charge >= 0.3 is 5.97 Å². The van der Waals surface area contributed by atoms with E-state index in [0.717, 1.165) is 30.0 Å². The predicted octanol–water partition coefficient (Wildman–Crippen LogP) is 3.89. The number of rotatable bonds is 5. The van der Waals surface area contributed by atoms with Crippen molar-refractivity contribution in [1.82, 2.24) is 0 Å². The maximum atomic E-state index is 11.9. The molecule has 0 aliphatic heterocycles. The molecular formula is C16H18O3. The first kappa shape index (κ1) is 13.4. The molecule has 2 aromatic rings. The molecule has 0 bridgehead atoms. The molecule has 100 valence electrons. The van der Waals surface area contributed by atoms with Gasteiger partial charge in [-0.25, -0.2) is 4.79 Å². The molecule has 19 heavy (non-hydrogen) atoms. The van der Waals surface area contributed by atoms with Gasteiger partial charge in [0.05, 0.1) is 6.61 Å². The van der Waals surface area contributed by atoms with Crippen LogP contribution in [0.1, 0.15) is 36.5 Å². The first-order valence-electron chi connectivity index (χ1n) is 6.61. The molecule has 3 heteroatoms. The van der Waals surface area contributed by atoms with Crippen LogP contribution in [0, 0.1) is 0 Å². The topological polar surface area (TPSA) is 46.5 Å². The number of benzene rings is 2. The molecule has 0 saturated carbocycles. The van der Waals surface area contributed by atoms with Crippen LogP contribution in [0.3, 0.4) is 0 Å². The quantitative estimate of drug-likeness (QED) is 0.653. The van der Waals surface area contributed by atoms with Crippen LogP contribution in [0.15, 0.2) is 36.4 Å². The molecule has 2 aromatic carbocycles. The maximum Gasteiger partial charge on any atom is 0.341 e. The lowest BCUT2D eigenvalue weighted by atomic mass is 10.1. The SMILES string of the molecule is CCCCCOC(=O)c1cc2ccccc2cc1O. The third kappa shape index (κ3) is 3.25. The summed E-state index contributed by atoms with van der Waals surface area (Å²) in [6, 6.07) is 10.9. The maximum absolute atomic E-state index is 11.9. The van der Waals surface area contributed by atoms with Gasteiger partial charge in [-0.05, 0) is 29.3 Å². The van der Waals surface area contributed by atoms with E-state index in [4.69, 9.17) is 4.74 Å². The van der Waals surface area contributed by atoms with Crippen molar-refractivity contribution >= 4 is 16.7 Å². The standard InChI is InChI=1S/C16H18O3/c1-2-3-6-9-19-16(18)14-10-12-7-4-5-8-13(12)11-15(14)17/h4-5,7-8,10-11,17H,2-3,6,9H2,1H3. The number of hydrogen-bond donors (Lipinski definition) is 1. The van der Waals surface area contributed by atoms with Crippen molar-refractivity contribution in [2.24, 2.45) is 0 Å². The van der Waals surface area contributed by atoms with E-state index in [-0.39, 0.29) is 11.3 Å². The Morgan fingerprint density at radius 3 is 2.53 bits per heavy atom. The molecule has 0 unspecified atom stereocenters. The van der Waals surface area contributed by atoms with Gasteiger partial charge in [0.2, 0.25) is 0 Å². The highest BCUT2D eigenvalue weighted by Gasteiger charge is 2.13. The summed E-state index contributed by atoms with van der Waals surface area (Å²) in [5.41, 5.74) is 0.232. The van der Waals surface area contributed by atoms with Crippen LogP contribution in [0.4, 0.5) is 0 Å². The first-order chi connectivity index (χ1) is 9.22. The molecule has 1 N–H and O–H groups in total. The second-order valence-corrected chi connectivity index (χ2v) is 4.56. The van der Waals surface area contributed by atoms with Gasteiger partial charge in [-0.1, -0.05) is 44.0 Å². The summed E-state index contributed by atoms with van der Waals surface area (Å²) in [4.78, 5) is 11.9. The van der Waals surface area contributed by atoms with Gasteiger partial charge in [0.25, 0.3) is 0 Å². The molecule has 3 nitrogen and oxygen atoms in total. The predicted molar refractivity (Wildman–Crippen MR) is 75.4 cm³/mol. The number of carbonyl (C=O) groups is 1. The number of hydrogen-bond acceptors (Lipinski definition) is 3. The zero-order valence-corrected chi connectivity index (χ0v) is 11.1. The molecule has 0 atom stereocenters. The van der Waals surface area contributed by atoms with Crippen LogP contribution >= 0.6 is 0 Å². The Labute approximate surface area is 112 Å². The lowest BCUT2D eigenvalue weighted by Crippen LogP contribution is -2.06. The van der Waals surface area contributed by atoms with Crippen LogP contribution in [0.5, 0.6) is 5.75 Å². The average Bonchev–Trinajstić information content (AvgIpc) is 2.42. The minimum Gasteiger partial charge on any atom is -0.507 e. The van der Waals surface area contributed by atoms with Crippen molar-refractivity contribution < 1.29 is 14.6 Å². The second kappa shape index (κ2) is 6.23. The van der Waals surface area contributed by atoms with Crippen molar-refractivity contribution in [3.8, 4) is 5.75 Å². The van der Waals surface area contributed by atoms with E-state index in [1.54, 1.807) is 12.1 Å². The van der Waals surface area contributed by atoms with Gasteiger partial charge < -0.3 is 9.84 Å². The summed E-state index contributed by atoms with van der Waals surface area (Å²) in [6.07, 6.45) is 2.98. The Morgan fingerprint density at radius 1 is 1.16 bits per heavy atom. The van der Waals surface area contributed by atoms with Gasteiger partial charge in [-0.3, -0.25) is 0 Å². The van der Waals surface area contributed by atoms with Crippen LogP contribution < -0.4 is 0 Å². The van der Waals surface area contributed by atoms with Crippen LogP contribution in [-0.4, -0.2) is 17.7 Å². The number of phenols is 1. The first-order valence-corrected chi connectivity index (χ1v) is 6.61. The van der Waals surface area contributed by atoms with E-state index in [0.29, 0.717) is 6.61 Å². The van der Waals surface area contributed by atoms with E-state index in [1.165, 1.54) is 0 Å². The monoisotopic (exact) mass is 258 g/mol. The van der Waals surface area contributed by atoms with Crippen LogP contribution in [0.25, 0.3) is 10.8 Å². The van der Waals surface area contributed by atoms with E-state index in [2.05, 4.69) is 6.92 Å². The highest BCUT2D eigenvalue weighted by molar-refractivity contribution is 5.98. The van der Waals surface area contributed by atoms with Crippen molar-refractivity contribution in [2.45, 2.75) is 26.2 Å². The molecule has 0 aliphatic rings. The number of aromatic hydroxyl groups is 1. The normalized spacial score (nSPS) is 10.6. The molecule has 0 aromatic heterocycles. The minimum absolute atomic E-state index is 0.0285. The summed E-state index contributed by atoms with van der Waals surface area (Å²) in [7, 11) is 0. The van der Waals surface area contributed by atoms with Crippen molar-refractivity contribution in [1.29, 1.82) is 0 Å². The molecule has 0 aliphatic carbocycles. The highest BCUT2D eigenvalue weighted by atomic mass is 16.5. The molecule has 0 heterocycles. The van der Waals surface area contributed by atoms with E-state index >= 15 is 0 Å². The van der Waals surface area contributed by atoms with Gasteiger partial charge in [-0.15, -0.1) is 0 Å². The third-order valence-electron chi connectivity index (χ3n) is 3.06. The average molecular weight is 258 g/mol. The van der Waals surface area contributed by atoms with Gasteiger partial charge in [-0.2, -0.15) is 0 Å². The summed E-state index contributed by atoms with van der Waals surface area (Å²) >= 11 is 0. The Hall–Kier alpha value is -2.03. The van der Waals surface area contributed by atoms with Gasteiger partial charge in [0.1, 0.15) is 11.3 Å². The van der Waals surface area contributed by atoms with E-state index in [9.17, 15) is 9.90 Å². The highest BCUT2D eigenvalue weighted by Crippen LogP contribution is 2.25. The fraction of sp³-hybridized carbons (Fsp3) is 0.312. The van der Waals surface area contributed by atoms with Gasteiger partial charge in [0, 0.05) is 0 Å². The van der Waals surface area contributed by atoms with E-state index in [1.807, 2.05) is 24.3 Å². The van der Waals surface area contributed by atoms with Crippen molar-refractivity contribution in [2.75, 3.05) is 6.61 Å².